The van der Waals surface area contributed by atoms with Crippen molar-refractivity contribution >= 4 is 34.7 Å². The molecule has 2 aromatic rings. The maximum Gasteiger partial charge on any atom is 0.416 e. The van der Waals surface area contributed by atoms with Crippen LogP contribution in [0.3, 0.4) is 0 Å². The lowest BCUT2D eigenvalue weighted by Crippen LogP contribution is -2.29. The average Bonchev–Trinajstić information content (AvgIpc) is 3.08. The second-order valence-corrected chi connectivity index (χ2v) is 9.09. The number of alkyl halides is 3. The summed E-state index contributed by atoms with van der Waals surface area (Å²) in [7, 11) is 0. The summed E-state index contributed by atoms with van der Waals surface area (Å²) >= 11 is 2.89. The number of thiophene rings is 1. The molecular weight excluding hydrogens is 445 g/mol. The van der Waals surface area contributed by atoms with Gasteiger partial charge in [-0.25, -0.2) is 11.0 Å². The fraction of sp³-hybridized carbons (Fsp3) is 0.429. The number of nitrogens with zero attached hydrogens (tertiary/aromatic N) is 2. The monoisotopic (exact) mass is 472 g/mol. The number of hydrazine groups is 1. The predicted octanol–water partition coefficient (Wildman–Crippen LogP) is 5.28. The Kier molecular flexibility index (Phi) is 8.56. The van der Waals surface area contributed by atoms with E-state index in [0.29, 0.717) is 16.9 Å². The van der Waals surface area contributed by atoms with E-state index >= 15 is 0 Å². The fourth-order valence-electron chi connectivity index (χ4n) is 3.36. The normalized spacial score (nSPS) is 16.5. The van der Waals surface area contributed by atoms with E-state index in [2.05, 4.69) is 5.10 Å². The Morgan fingerprint density at radius 3 is 2.61 bits per heavy atom. The van der Waals surface area contributed by atoms with Crippen molar-refractivity contribution in [3.63, 3.8) is 0 Å². The first-order chi connectivity index (χ1) is 14.6. The van der Waals surface area contributed by atoms with E-state index in [1.54, 1.807) is 6.07 Å². The van der Waals surface area contributed by atoms with Crippen LogP contribution in [0.25, 0.3) is 0 Å². The number of Topliss-reactive ketones (excluding diaryl/α,β-unsaturated/α-hetero) is 1. The summed E-state index contributed by atoms with van der Waals surface area (Å²) in [4.78, 5) is 13.2. The van der Waals surface area contributed by atoms with Crippen molar-refractivity contribution in [2.45, 2.75) is 50.5 Å². The van der Waals surface area contributed by atoms with Crippen LogP contribution in [0.2, 0.25) is 0 Å². The summed E-state index contributed by atoms with van der Waals surface area (Å²) in [6, 6.07) is 4.90. The van der Waals surface area contributed by atoms with E-state index < -0.39 is 11.7 Å². The molecule has 10 heteroatoms. The number of carbonyl (C=O) groups is 1. The van der Waals surface area contributed by atoms with Crippen LogP contribution in [0, 0.1) is 5.92 Å². The number of halogens is 3. The van der Waals surface area contributed by atoms with Gasteiger partial charge in [0.2, 0.25) is 0 Å². The number of hydrazone groups is 1. The molecule has 1 aliphatic rings. The van der Waals surface area contributed by atoms with E-state index in [1.165, 1.54) is 29.2 Å². The Morgan fingerprint density at radius 2 is 2.00 bits per heavy atom. The average molecular weight is 473 g/mol. The van der Waals surface area contributed by atoms with Gasteiger partial charge in [0, 0.05) is 12.0 Å². The molecule has 0 bridgehead atoms. The van der Waals surface area contributed by atoms with Crippen LogP contribution in [0.1, 0.15) is 59.1 Å². The van der Waals surface area contributed by atoms with Crippen molar-refractivity contribution in [3.05, 3.63) is 51.4 Å². The van der Waals surface area contributed by atoms with Gasteiger partial charge < -0.3 is 5.73 Å². The zero-order valence-corrected chi connectivity index (χ0v) is 19.5. The van der Waals surface area contributed by atoms with E-state index in [4.69, 9.17) is 11.6 Å². The van der Waals surface area contributed by atoms with Crippen molar-refractivity contribution < 1.29 is 18.0 Å². The molecule has 0 aliphatic heterocycles. The Morgan fingerprint density at radius 1 is 1.32 bits per heavy atom. The first kappa shape index (κ1) is 25.2. The maximum absolute atomic E-state index is 12.9. The molecule has 1 unspecified atom stereocenters. The number of fused-ring (bicyclic) bond motifs is 1. The molecule has 1 aliphatic carbocycles. The van der Waals surface area contributed by atoms with E-state index in [1.807, 2.05) is 27.0 Å². The Balaban J connectivity index is 0.00000166. The molecule has 170 valence electrons. The van der Waals surface area contributed by atoms with Crippen LogP contribution in [-0.4, -0.2) is 23.0 Å². The minimum absolute atomic E-state index is 0.0388. The van der Waals surface area contributed by atoms with Crippen molar-refractivity contribution in [1.29, 1.82) is 0 Å². The number of amidine groups is 1. The Bertz CT molecular complexity index is 957. The summed E-state index contributed by atoms with van der Waals surface area (Å²) in [5.74, 6) is 6.36. The van der Waals surface area contributed by atoms with Gasteiger partial charge in [-0.05, 0) is 41.9 Å². The molecule has 4 N–H and O–H groups in total. The van der Waals surface area contributed by atoms with Gasteiger partial charge in [0.25, 0.3) is 0 Å². The Hall–Kier alpha value is -2.04. The molecule has 5 nitrogen and oxygen atoms in total. The third-order valence-electron chi connectivity index (χ3n) is 4.59. The van der Waals surface area contributed by atoms with Gasteiger partial charge >= 0.3 is 6.18 Å². The standard InChI is InChI=1S/C19H21F3N4OS2.C2H6/c1-10-6-13-15(14(27)7-10)18(28-2)29-16(13)17(23)25-26(24)9-11-4-3-5-12(8-11)19(20,21)22;1-2/h3-5,8,10H,6-7,9,24H2,1-2H3,(H2,23,25);1-2H3. The minimum Gasteiger partial charge on any atom is -0.381 e. The van der Waals surface area contributed by atoms with E-state index in [9.17, 15) is 18.0 Å². The number of rotatable bonds is 5. The van der Waals surface area contributed by atoms with Crippen molar-refractivity contribution in [1.82, 2.24) is 5.12 Å². The van der Waals surface area contributed by atoms with Crippen molar-refractivity contribution in [3.8, 4) is 0 Å². The summed E-state index contributed by atoms with van der Waals surface area (Å²) in [5, 5.41) is 5.17. The van der Waals surface area contributed by atoms with Crippen LogP contribution >= 0.6 is 23.1 Å². The van der Waals surface area contributed by atoms with Crippen LogP contribution in [-0.2, 0) is 19.1 Å². The van der Waals surface area contributed by atoms with Crippen molar-refractivity contribution in [2.24, 2.45) is 22.6 Å². The predicted molar refractivity (Wildman–Crippen MR) is 121 cm³/mol. The highest BCUT2D eigenvalue weighted by Gasteiger charge is 2.32. The lowest BCUT2D eigenvalue weighted by Gasteiger charge is -2.19. The third-order valence-corrected chi connectivity index (χ3v) is 6.97. The van der Waals surface area contributed by atoms with Crippen LogP contribution in [0.15, 0.2) is 33.6 Å². The summed E-state index contributed by atoms with van der Waals surface area (Å²) in [5.41, 5.74) is 7.39. The van der Waals surface area contributed by atoms with Gasteiger partial charge in [-0.2, -0.15) is 13.2 Å². The van der Waals surface area contributed by atoms with Gasteiger partial charge in [-0.15, -0.1) is 28.2 Å². The molecule has 1 aromatic carbocycles. The second kappa shape index (κ2) is 10.5. The summed E-state index contributed by atoms with van der Waals surface area (Å²) in [6.45, 7) is 5.97. The first-order valence-corrected chi connectivity index (χ1v) is 11.9. The third kappa shape index (κ3) is 6.02. The van der Waals surface area contributed by atoms with Crippen LogP contribution in [0.5, 0.6) is 0 Å². The number of carbonyl (C=O) groups excluding carboxylic acids is 1. The number of hydrogen-bond acceptors (Lipinski definition) is 6. The molecule has 0 amide bonds. The van der Waals surface area contributed by atoms with Crippen molar-refractivity contribution in [2.75, 3.05) is 6.26 Å². The fourth-order valence-corrected chi connectivity index (χ4v) is 5.36. The van der Waals surface area contributed by atoms with E-state index in [-0.39, 0.29) is 24.1 Å². The van der Waals surface area contributed by atoms with E-state index in [0.717, 1.165) is 39.0 Å². The zero-order chi connectivity index (χ0) is 23.3. The molecule has 1 heterocycles. The highest BCUT2D eigenvalue weighted by Crippen LogP contribution is 2.40. The highest BCUT2D eigenvalue weighted by molar-refractivity contribution is 8.00. The molecule has 31 heavy (non-hydrogen) atoms. The van der Waals surface area contributed by atoms with Gasteiger partial charge in [0.15, 0.2) is 11.6 Å². The highest BCUT2D eigenvalue weighted by atomic mass is 32.2. The Labute approximate surface area is 188 Å². The number of nitrogens with two attached hydrogens (primary N) is 2. The molecule has 0 spiro atoms. The molecule has 3 rings (SSSR count). The molecule has 0 fully saturated rings. The van der Waals surface area contributed by atoms with Gasteiger partial charge in [-0.3, -0.25) is 4.79 Å². The quantitative estimate of drug-likeness (QED) is 0.203. The van der Waals surface area contributed by atoms with Gasteiger partial charge in [-0.1, -0.05) is 32.9 Å². The number of ketones is 1. The largest absolute Gasteiger partial charge is 0.416 e. The second-order valence-electron chi connectivity index (χ2n) is 6.99. The SMILES string of the molecule is CC.CSc1sc(/C(N)=N/N(N)Cc2cccc(C(F)(F)F)c2)c2c1C(=O)CC(C)C2. The zero-order valence-electron chi connectivity index (χ0n) is 17.9. The number of thioether (sulfide) groups is 1. The maximum atomic E-state index is 12.9. The summed E-state index contributed by atoms with van der Waals surface area (Å²) in [6.07, 6.45) is -1.29. The summed E-state index contributed by atoms with van der Waals surface area (Å²) < 4.78 is 39.5. The molecule has 1 aromatic heterocycles. The van der Waals surface area contributed by atoms with Crippen LogP contribution in [0.4, 0.5) is 13.2 Å². The minimum atomic E-state index is -4.43. The topological polar surface area (TPSA) is 84.7 Å². The molecular formula is C21H27F3N4OS2. The number of benzene rings is 1. The molecule has 0 radical (unpaired) electrons. The lowest BCUT2D eigenvalue weighted by molar-refractivity contribution is -0.137. The van der Waals surface area contributed by atoms with Gasteiger partial charge in [0.1, 0.15) is 0 Å². The lowest BCUT2D eigenvalue weighted by atomic mass is 9.85. The first-order valence-electron chi connectivity index (χ1n) is 9.85. The molecule has 0 saturated heterocycles. The van der Waals surface area contributed by atoms with Crippen LogP contribution < -0.4 is 11.6 Å². The van der Waals surface area contributed by atoms with Gasteiger partial charge in [0.05, 0.1) is 21.2 Å². The molecule has 1 atom stereocenters. The number of hydrogen-bond donors (Lipinski definition) is 2. The smallest absolute Gasteiger partial charge is 0.381 e. The molecule has 0 saturated carbocycles.